The lowest BCUT2D eigenvalue weighted by molar-refractivity contribution is -0.188. The van der Waals surface area contributed by atoms with Crippen LogP contribution in [0.3, 0.4) is 0 Å². The lowest BCUT2D eigenvalue weighted by Gasteiger charge is -2.44. The molecule has 90 valence electrons. The quantitative estimate of drug-likeness (QED) is 0.610. The van der Waals surface area contributed by atoms with Crippen LogP contribution < -0.4 is 0 Å². The number of aliphatic hydroxyl groups is 1. The average molecular weight is 235 g/mol. The van der Waals surface area contributed by atoms with E-state index >= 15 is 0 Å². The third-order valence-corrected chi connectivity index (χ3v) is 2.74. The van der Waals surface area contributed by atoms with Gasteiger partial charge in [0.15, 0.2) is 0 Å². The van der Waals surface area contributed by atoms with Crippen LogP contribution in [0, 0.1) is 0 Å². The molecular weight excluding hydrogens is 222 g/mol. The van der Waals surface area contributed by atoms with E-state index in [4.69, 9.17) is 9.84 Å². The van der Waals surface area contributed by atoms with Crippen LogP contribution in [0.1, 0.15) is 18.5 Å². The summed E-state index contributed by atoms with van der Waals surface area (Å²) in [5.74, 6) is -0.863. The standard InChI is InChI=1S/C12H13NO4/c1-8(15)17-11-10(13(7-14)12(11)16)9-5-3-2-4-6-9/h2-6,10-11,14H,7H2,1H3/t10-,11+/m0/s1. The molecule has 5 nitrogen and oxygen atoms in total. The highest BCUT2D eigenvalue weighted by Crippen LogP contribution is 2.36. The first kappa shape index (κ1) is 11.6. The molecule has 0 aromatic heterocycles. The second kappa shape index (κ2) is 4.55. The Balaban J connectivity index is 2.23. The van der Waals surface area contributed by atoms with E-state index in [1.807, 2.05) is 30.3 Å². The van der Waals surface area contributed by atoms with Crippen molar-refractivity contribution in [2.75, 3.05) is 6.73 Å². The number of nitrogens with zero attached hydrogens (tertiary/aromatic N) is 1. The first-order valence-corrected chi connectivity index (χ1v) is 5.28. The highest BCUT2D eigenvalue weighted by atomic mass is 16.6. The number of carbonyl (C=O) groups is 2. The molecule has 0 spiro atoms. The molecule has 2 rings (SSSR count). The van der Waals surface area contributed by atoms with E-state index in [9.17, 15) is 9.59 Å². The van der Waals surface area contributed by atoms with Gasteiger partial charge in [-0.25, -0.2) is 0 Å². The Hall–Kier alpha value is -1.88. The van der Waals surface area contributed by atoms with Crippen LogP contribution in [-0.2, 0) is 14.3 Å². The Morgan fingerprint density at radius 2 is 2.06 bits per heavy atom. The van der Waals surface area contributed by atoms with Crippen LogP contribution in [0.2, 0.25) is 0 Å². The molecule has 1 saturated heterocycles. The second-order valence-corrected chi connectivity index (χ2v) is 3.84. The maximum Gasteiger partial charge on any atom is 0.303 e. The average Bonchev–Trinajstić information content (AvgIpc) is 2.33. The molecule has 0 radical (unpaired) electrons. The van der Waals surface area contributed by atoms with Gasteiger partial charge in [0, 0.05) is 6.92 Å². The number of aliphatic hydroxyl groups excluding tert-OH is 1. The zero-order valence-electron chi connectivity index (χ0n) is 9.37. The summed E-state index contributed by atoms with van der Waals surface area (Å²) >= 11 is 0. The Bertz CT molecular complexity index is 431. The van der Waals surface area contributed by atoms with Crippen LogP contribution in [0.15, 0.2) is 30.3 Å². The van der Waals surface area contributed by atoms with Crippen molar-refractivity contribution < 1.29 is 19.4 Å². The third-order valence-electron chi connectivity index (χ3n) is 2.74. The molecule has 0 aliphatic carbocycles. The molecule has 0 unspecified atom stereocenters. The molecule has 0 saturated carbocycles. The van der Waals surface area contributed by atoms with Crippen LogP contribution in [-0.4, -0.2) is 34.7 Å². The minimum atomic E-state index is -0.818. The van der Waals surface area contributed by atoms with Crippen LogP contribution in [0.5, 0.6) is 0 Å². The van der Waals surface area contributed by atoms with Gasteiger partial charge in [-0.3, -0.25) is 9.59 Å². The van der Waals surface area contributed by atoms with Gasteiger partial charge in [0.1, 0.15) is 12.8 Å². The number of hydrogen-bond acceptors (Lipinski definition) is 4. The van der Waals surface area contributed by atoms with Crippen molar-refractivity contribution in [1.29, 1.82) is 0 Å². The Labute approximate surface area is 98.6 Å². The minimum absolute atomic E-state index is 0.364. The third kappa shape index (κ3) is 2.01. The molecule has 1 amide bonds. The molecule has 1 fully saturated rings. The van der Waals surface area contributed by atoms with E-state index in [0.29, 0.717) is 0 Å². The molecule has 1 aromatic carbocycles. The van der Waals surface area contributed by atoms with Gasteiger partial charge in [0.2, 0.25) is 6.10 Å². The highest BCUT2D eigenvalue weighted by Gasteiger charge is 2.50. The van der Waals surface area contributed by atoms with Crippen molar-refractivity contribution in [3.63, 3.8) is 0 Å². The molecule has 2 atom stereocenters. The molecule has 0 bridgehead atoms. The van der Waals surface area contributed by atoms with Gasteiger partial charge in [-0.15, -0.1) is 0 Å². The van der Waals surface area contributed by atoms with E-state index in [1.54, 1.807) is 0 Å². The smallest absolute Gasteiger partial charge is 0.303 e. The number of likely N-dealkylation sites (tertiary alicyclic amines) is 1. The van der Waals surface area contributed by atoms with Gasteiger partial charge in [-0.1, -0.05) is 30.3 Å². The number of benzene rings is 1. The van der Waals surface area contributed by atoms with Gasteiger partial charge in [0.05, 0.1) is 0 Å². The topological polar surface area (TPSA) is 66.8 Å². The summed E-state index contributed by atoms with van der Waals surface area (Å²) in [5.41, 5.74) is 0.840. The molecule has 1 heterocycles. The summed E-state index contributed by atoms with van der Waals surface area (Å²) in [6.45, 7) is 0.882. The first-order valence-electron chi connectivity index (χ1n) is 5.28. The fraction of sp³-hybridized carbons (Fsp3) is 0.333. The van der Waals surface area contributed by atoms with Gasteiger partial charge in [-0.2, -0.15) is 0 Å². The number of amides is 1. The van der Waals surface area contributed by atoms with Crippen molar-refractivity contribution in [3.05, 3.63) is 35.9 Å². The normalized spacial score (nSPS) is 23.2. The maximum absolute atomic E-state index is 11.6. The Morgan fingerprint density at radius 3 is 2.59 bits per heavy atom. The van der Waals surface area contributed by atoms with Gasteiger partial charge in [0.25, 0.3) is 5.91 Å². The fourth-order valence-electron chi connectivity index (χ4n) is 1.97. The predicted molar refractivity (Wildman–Crippen MR) is 58.7 cm³/mol. The van der Waals surface area contributed by atoms with Gasteiger partial charge >= 0.3 is 5.97 Å². The van der Waals surface area contributed by atoms with E-state index in [-0.39, 0.29) is 12.6 Å². The molecule has 1 aromatic rings. The largest absolute Gasteiger partial charge is 0.450 e. The van der Waals surface area contributed by atoms with Crippen molar-refractivity contribution in [1.82, 2.24) is 4.90 Å². The van der Waals surface area contributed by atoms with E-state index in [1.165, 1.54) is 11.8 Å². The number of esters is 1. The maximum atomic E-state index is 11.6. The summed E-state index contributed by atoms with van der Waals surface area (Å²) in [6.07, 6.45) is -0.818. The Kier molecular flexibility index (Phi) is 3.10. The monoisotopic (exact) mass is 235 g/mol. The summed E-state index contributed by atoms with van der Waals surface area (Å²) in [6, 6.07) is 8.79. The van der Waals surface area contributed by atoms with E-state index in [2.05, 4.69) is 0 Å². The fourth-order valence-corrected chi connectivity index (χ4v) is 1.97. The SMILES string of the molecule is CC(=O)O[C@H]1C(=O)N(CO)[C@H]1c1ccccc1. The molecule has 1 N–H and O–H groups in total. The van der Waals surface area contributed by atoms with Crippen molar-refractivity contribution in [3.8, 4) is 0 Å². The number of rotatable bonds is 3. The van der Waals surface area contributed by atoms with Crippen molar-refractivity contribution in [2.24, 2.45) is 0 Å². The Morgan fingerprint density at radius 1 is 1.41 bits per heavy atom. The number of carbonyl (C=O) groups excluding carboxylic acids is 2. The lowest BCUT2D eigenvalue weighted by Crippen LogP contribution is -2.60. The highest BCUT2D eigenvalue weighted by molar-refractivity contribution is 5.90. The molecule has 5 heteroatoms. The lowest BCUT2D eigenvalue weighted by atomic mass is 9.91. The van der Waals surface area contributed by atoms with Crippen LogP contribution in [0.4, 0.5) is 0 Å². The summed E-state index contributed by atoms with van der Waals surface area (Å²) in [7, 11) is 0. The minimum Gasteiger partial charge on any atom is -0.450 e. The summed E-state index contributed by atoms with van der Waals surface area (Å²) < 4.78 is 4.96. The van der Waals surface area contributed by atoms with Crippen LogP contribution in [0.25, 0.3) is 0 Å². The van der Waals surface area contributed by atoms with E-state index in [0.717, 1.165) is 5.56 Å². The number of hydrogen-bond donors (Lipinski definition) is 1. The molecule has 1 aliphatic heterocycles. The summed E-state index contributed by atoms with van der Waals surface area (Å²) in [4.78, 5) is 23.8. The molecule has 1 aliphatic rings. The summed E-state index contributed by atoms with van der Waals surface area (Å²) in [5, 5.41) is 9.10. The predicted octanol–water partition coefficient (Wildman–Crippen LogP) is 0.451. The number of β-lactam (4-membered cyclic amide) rings is 1. The zero-order chi connectivity index (χ0) is 12.4. The zero-order valence-corrected chi connectivity index (χ0v) is 9.37. The first-order chi connectivity index (χ1) is 8.15. The van der Waals surface area contributed by atoms with Gasteiger partial charge < -0.3 is 14.7 Å². The van der Waals surface area contributed by atoms with Crippen LogP contribution >= 0.6 is 0 Å². The molecular formula is C12H13NO4. The van der Waals surface area contributed by atoms with Crippen molar-refractivity contribution >= 4 is 11.9 Å². The molecule has 17 heavy (non-hydrogen) atoms. The van der Waals surface area contributed by atoms with Crippen molar-refractivity contribution in [2.45, 2.75) is 19.1 Å². The second-order valence-electron chi connectivity index (χ2n) is 3.84. The van der Waals surface area contributed by atoms with E-state index < -0.39 is 18.1 Å². The van der Waals surface area contributed by atoms with Gasteiger partial charge in [-0.05, 0) is 5.56 Å². The number of ether oxygens (including phenoxy) is 1.